The highest BCUT2D eigenvalue weighted by Crippen LogP contribution is 2.46. The molecule has 2 heteroatoms. The minimum Gasteiger partial charge on any atom is -0.0843 e. The first-order valence-electron chi connectivity index (χ1n) is 8.55. The van der Waals surface area contributed by atoms with Crippen LogP contribution in [0, 0.1) is 11.3 Å². The summed E-state index contributed by atoms with van der Waals surface area (Å²) < 4.78 is 0. The molecule has 0 fully saturated rings. The van der Waals surface area contributed by atoms with E-state index in [2.05, 4.69) is 58.0 Å². The van der Waals surface area contributed by atoms with Crippen LogP contribution in [0.15, 0.2) is 42.5 Å². The number of hydrogen-bond acceptors (Lipinski definition) is 0. The summed E-state index contributed by atoms with van der Waals surface area (Å²) in [5.41, 5.74) is 6.58. The van der Waals surface area contributed by atoms with Gasteiger partial charge in [0.2, 0.25) is 0 Å². The molecule has 0 amide bonds. The van der Waals surface area contributed by atoms with Crippen LogP contribution in [0.25, 0.3) is 16.7 Å². The molecule has 0 aliphatic heterocycles. The molecule has 0 radical (unpaired) electrons. The molecule has 0 saturated heterocycles. The molecule has 0 heterocycles. The molecule has 0 spiro atoms. The molecule has 0 nitrogen and oxygen atoms in total. The van der Waals surface area contributed by atoms with E-state index in [1.54, 1.807) is 0 Å². The quantitative estimate of drug-likeness (QED) is 0.446. The Balaban J connectivity index is 2.00. The Morgan fingerprint density at radius 1 is 0.875 bits per heavy atom. The molecule has 0 aromatic heterocycles. The van der Waals surface area contributed by atoms with E-state index in [1.807, 2.05) is 12.1 Å². The van der Waals surface area contributed by atoms with E-state index in [9.17, 15) is 0 Å². The van der Waals surface area contributed by atoms with Crippen molar-refractivity contribution in [3.05, 3.63) is 63.6 Å². The normalized spacial score (nSPS) is 14.3. The van der Waals surface area contributed by atoms with Gasteiger partial charge in [-0.3, -0.25) is 0 Å². The van der Waals surface area contributed by atoms with Crippen LogP contribution in [-0.2, 0) is 0 Å². The molecule has 1 aliphatic rings. The minimum absolute atomic E-state index is 0.357. The summed E-state index contributed by atoms with van der Waals surface area (Å²) in [7, 11) is 0. The Kier molecular flexibility index (Phi) is 4.82. The van der Waals surface area contributed by atoms with Gasteiger partial charge in [0.25, 0.3) is 0 Å². The second-order valence-electron chi connectivity index (χ2n) is 8.10. The maximum atomic E-state index is 6.26. The van der Waals surface area contributed by atoms with Crippen molar-refractivity contribution in [3.63, 3.8) is 0 Å². The van der Waals surface area contributed by atoms with Gasteiger partial charge in [-0.2, -0.15) is 0 Å². The Morgan fingerprint density at radius 3 is 1.83 bits per heavy atom. The Hall–Kier alpha value is -1.24. The van der Waals surface area contributed by atoms with Gasteiger partial charge in [0.15, 0.2) is 0 Å². The van der Waals surface area contributed by atoms with E-state index >= 15 is 0 Å². The molecular formula is C22H24Cl2. The zero-order valence-corrected chi connectivity index (χ0v) is 16.3. The van der Waals surface area contributed by atoms with Gasteiger partial charge >= 0.3 is 0 Å². The predicted molar refractivity (Wildman–Crippen MR) is 107 cm³/mol. The third-order valence-electron chi connectivity index (χ3n) is 4.52. The van der Waals surface area contributed by atoms with E-state index in [0.29, 0.717) is 11.3 Å². The molecule has 1 aliphatic carbocycles. The number of halogens is 2. The van der Waals surface area contributed by atoms with Crippen LogP contribution < -0.4 is 0 Å². The van der Waals surface area contributed by atoms with E-state index < -0.39 is 0 Å². The summed E-state index contributed by atoms with van der Waals surface area (Å²) in [6, 6.07) is 12.3. The smallest absolute Gasteiger partial charge is 0.0412 e. The van der Waals surface area contributed by atoms with Crippen molar-refractivity contribution >= 4 is 28.8 Å². The lowest BCUT2D eigenvalue weighted by Crippen LogP contribution is -2.10. The van der Waals surface area contributed by atoms with Crippen LogP contribution in [0.2, 0.25) is 10.0 Å². The van der Waals surface area contributed by atoms with Crippen LogP contribution in [0.4, 0.5) is 0 Å². The van der Waals surface area contributed by atoms with Crippen molar-refractivity contribution in [1.29, 1.82) is 0 Å². The molecule has 126 valence electrons. The summed E-state index contributed by atoms with van der Waals surface area (Å²) in [6.07, 6.45) is 4.64. The number of fused-ring (bicyclic) bond motifs is 3. The fourth-order valence-corrected chi connectivity index (χ4v) is 4.11. The van der Waals surface area contributed by atoms with Gasteiger partial charge < -0.3 is 0 Å². The first kappa shape index (κ1) is 17.6. The van der Waals surface area contributed by atoms with Gasteiger partial charge in [-0.1, -0.05) is 69.1 Å². The highest BCUT2D eigenvalue weighted by molar-refractivity contribution is 6.32. The number of allylic oxidation sites excluding steroid dienone is 1. The molecule has 0 bridgehead atoms. The average Bonchev–Trinajstić information content (AvgIpc) is 2.75. The summed E-state index contributed by atoms with van der Waals surface area (Å²) in [4.78, 5) is 0. The fourth-order valence-electron chi connectivity index (χ4n) is 3.76. The summed E-state index contributed by atoms with van der Waals surface area (Å²) in [6.45, 7) is 9.23. The van der Waals surface area contributed by atoms with Gasteiger partial charge in [-0.05, 0) is 76.3 Å². The first-order valence-corrected chi connectivity index (χ1v) is 9.30. The lowest BCUT2D eigenvalue weighted by atomic mass is 9.83. The standard InChI is InChI=1S/C22H24Cl2/c1-14(13-22(2,3)4)5-8-19-20-11-15(23)6-9-17(20)18-10-7-16(24)12-21(18)19/h6-12,14H,5,13H2,1-4H3. The van der Waals surface area contributed by atoms with Crippen molar-refractivity contribution in [1.82, 2.24) is 0 Å². The van der Waals surface area contributed by atoms with Crippen LogP contribution >= 0.6 is 23.2 Å². The van der Waals surface area contributed by atoms with Gasteiger partial charge in [0.1, 0.15) is 0 Å². The molecule has 2 aromatic rings. The summed E-state index contributed by atoms with van der Waals surface area (Å²) >= 11 is 12.5. The molecule has 1 atom stereocenters. The summed E-state index contributed by atoms with van der Waals surface area (Å²) in [5.74, 6) is 0.642. The largest absolute Gasteiger partial charge is 0.0843 e. The third-order valence-corrected chi connectivity index (χ3v) is 4.99. The first-order chi connectivity index (χ1) is 11.2. The zero-order chi connectivity index (χ0) is 17.5. The van der Waals surface area contributed by atoms with Crippen LogP contribution in [-0.4, -0.2) is 0 Å². The number of hydrogen-bond donors (Lipinski definition) is 0. The SMILES string of the molecule is CC(CC=C1c2cc(Cl)ccc2-c2ccc(Cl)cc21)CC(C)(C)C. The Labute approximate surface area is 155 Å². The van der Waals surface area contributed by atoms with Crippen molar-refractivity contribution in [2.75, 3.05) is 0 Å². The lowest BCUT2D eigenvalue weighted by molar-refractivity contribution is 0.308. The van der Waals surface area contributed by atoms with Crippen LogP contribution in [0.5, 0.6) is 0 Å². The Bertz CT molecular complexity index is 741. The molecule has 2 aromatic carbocycles. The van der Waals surface area contributed by atoms with Crippen molar-refractivity contribution in [2.24, 2.45) is 11.3 Å². The zero-order valence-electron chi connectivity index (χ0n) is 14.8. The second kappa shape index (κ2) is 6.58. The van der Waals surface area contributed by atoms with E-state index in [-0.39, 0.29) is 0 Å². The van der Waals surface area contributed by atoms with Gasteiger partial charge in [0.05, 0.1) is 0 Å². The lowest BCUT2D eigenvalue weighted by Gasteiger charge is -2.22. The average molecular weight is 359 g/mol. The molecule has 24 heavy (non-hydrogen) atoms. The molecule has 3 rings (SSSR count). The van der Waals surface area contributed by atoms with E-state index in [1.165, 1.54) is 34.2 Å². The molecule has 0 saturated carbocycles. The third kappa shape index (κ3) is 3.71. The van der Waals surface area contributed by atoms with Gasteiger partial charge in [-0.25, -0.2) is 0 Å². The molecular weight excluding hydrogens is 335 g/mol. The topological polar surface area (TPSA) is 0 Å². The predicted octanol–water partition coefficient (Wildman–Crippen LogP) is 7.87. The monoisotopic (exact) mass is 358 g/mol. The van der Waals surface area contributed by atoms with Crippen molar-refractivity contribution < 1.29 is 0 Å². The van der Waals surface area contributed by atoms with Crippen molar-refractivity contribution in [3.8, 4) is 11.1 Å². The maximum absolute atomic E-state index is 6.26. The van der Waals surface area contributed by atoms with Gasteiger partial charge in [-0.15, -0.1) is 0 Å². The minimum atomic E-state index is 0.357. The van der Waals surface area contributed by atoms with E-state index in [4.69, 9.17) is 23.2 Å². The molecule has 1 unspecified atom stereocenters. The maximum Gasteiger partial charge on any atom is 0.0412 e. The van der Waals surface area contributed by atoms with Gasteiger partial charge in [0, 0.05) is 10.0 Å². The second-order valence-corrected chi connectivity index (χ2v) is 8.98. The number of rotatable bonds is 3. The Morgan fingerprint density at radius 2 is 1.38 bits per heavy atom. The molecule has 0 N–H and O–H groups in total. The number of benzene rings is 2. The van der Waals surface area contributed by atoms with E-state index in [0.717, 1.165) is 16.5 Å². The highest BCUT2D eigenvalue weighted by atomic mass is 35.5. The summed E-state index contributed by atoms with van der Waals surface area (Å²) in [5, 5.41) is 1.56. The van der Waals surface area contributed by atoms with Crippen LogP contribution in [0.3, 0.4) is 0 Å². The van der Waals surface area contributed by atoms with Crippen LogP contribution in [0.1, 0.15) is 51.7 Å². The van der Waals surface area contributed by atoms with Crippen molar-refractivity contribution in [2.45, 2.75) is 40.5 Å². The highest BCUT2D eigenvalue weighted by Gasteiger charge is 2.24. The fraction of sp³-hybridized carbons (Fsp3) is 0.364.